The van der Waals surface area contributed by atoms with E-state index < -0.39 is 17.6 Å². The normalized spacial score (nSPS) is 23.7. The number of hydrogen-bond donors (Lipinski definition) is 1. The van der Waals surface area contributed by atoms with Gasteiger partial charge in [0.2, 0.25) is 0 Å². The van der Waals surface area contributed by atoms with Gasteiger partial charge >= 0.3 is 6.18 Å². The van der Waals surface area contributed by atoms with Gasteiger partial charge in [-0.1, -0.05) is 0 Å². The van der Waals surface area contributed by atoms with Crippen LogP contribution in [0.5, 0.6) is 0 Å². The molecule has 0 amide bonds. The second-order valence-electron chi connectivity index (χ2n) is 5.39. The van der Waals surface area contributed by atoms with E-state index in [-0.39, 0.29) is 36.6 Å². The molecular weight excluding hydrogens is 308 g/mol. The summed E-state index contributed by atoms with van der Waals surface area (Å²) in [4.78, 5) is 2.00. The van der Waals surface area contributed by atoms with Crippen molar-refractivity contribution in [3.63, 3.8) is 0 Å². The van der Waals surface area contributed by atoms with Gasteiger partial charge in [0.05, 0.1) is 5.56 Å². The molecule has 0 saturated carbocycles. The van der Waals surface area contributed by atoms with Crippen molar-refractivity contribution in [1.29, 1.82) is 0 Å². The van der Waals surface area contributed by atoms with Gasteiger partial charge in [-0.25, -0.2) is 4.39 Å². The van der Waals surface area contributed by atoms with E-state index in [2.05, 4.69) is 5.32 Å². The molecule has 1 fully saturated rings. The number of rotatable bonds is 2. The van der Waals surface area contributed by atoms with Crippen molar-refractivity contribution >= 4 is 12.4 Å². The molecule has 1 N–H and O–H groups in total. The maximum Gasteiger partial charge on any atom is 0.416 e. The van der Waals surface area contributed by atoms with Gasteiger partial charge in [0.1, 0.15) is 5.82 Å². The summed E-state index contributed by atoms with van der Waals surface area (Å²) in [7, 11) is 0. The average Bonchev–Trinajstić information content (AvgIpc) is 2.35. The zero-order valence-electron chi connectivity index (χ0n) is 11.9. The molecule has 0 radical (unpaired) electrons. The van der Waals surface area contributed by atoms with Gasteiger partial charge in [-0.15, -0.1) is 12.4 Å². The van der Waals surface area contributed by atoms with E-state index in [9.17, 15) is 17.6 Å². The zero-order valence-corrected chi connectivity index (χ0v) is 12.7. The smallest absolute Gasteiger partial charge is 0.311 e. The predicted molar refractivity (Wildman–Crippen MR) is 76.0 cm³/mol. The molecule has 1 aliphatic rings. The quantitative estimate of drug-likeness (QED) is 0.837. The summed E-state index contributed by atoms with van der Waals surface area (Å²) in [5.74, 6) is -0.587. The molecule has 0 spiro atoms. The molecule has 2 atom stereocenters. The lowest BCUT2D eigenvalue weighted by Gasteiger charge is -2.37. The first-order valence-corrected chi connectivity index (χ1v) is 6.60. The Morgan fingerprint density at radius 1 is 1.29 bits per heavy atom. The van der Waals surface area contributed by atoms with Gasteiger partial charge in [-0.2, -0.15) is 13.2 Å². The highest BCUT2D eigenvalue weighted by Crippen LogP contribution is 2.30. The van der Waals surface area contributed by atoms with Gasteiger partial charge in [0.25, 0.3) is 0 Å². The van der Waals surface area contributed by atoms with E-state index in [0.29, 0.717) is 6.54 Å². The topological polar surface area (TPSA) is 15.3 Å². The summed E-state index contributed by atoms with van der Waals surface area (Å²) >= 11 is 0. The molecular formula is C14H19ClF4N2. The Morgan fingerprint density at radius 3 is 2.57 bits per heavy atom. The van der Waals surface area contributed by atoms with Gasteiger partial charge < -0.3 is 5.32 Å². The van der Waals surface area contributed by atoms with Crippen molar-refractivity contribution in [3.05, 3.63) is 35.1 Å². The van der Waals surface area contributed by atoms with Crippen LogP contribution in [0.15, 0.2) is 18.2 Å². The first-order valence-electron chi connectivity index (χ1n) is 6.60. The van der Waals surface area contributed by atoms with Crippen molar-refractivity contribution in [3.8, 4) is 0 Å². The summed E-state index contributed by atoms with van der Waals surface area (Å²) in [5, 5.41) is 3.28. The first-order chi connectivity index (χ1) is 9.27. The number of halogens is 5. The fraction of sp³-hybridized carbons (Fsp3) is 0.571. The molecule has 1 aromatic carbocycles. The summed E-state index contributed by atoms with van der Waals surface area (Å²) in [6.45, 7) is 5.62. The minimum atomic E-state index is -4.44. The first kappa shape index (κ1) is 18.2. The minimum Gasteiger partial charge on any atom is -0.311 e. The number of piperazine rings is 1. The van der Waals surface area contributed by atoms with Gasteiger partial charge in [-0.05, 0) is 32.0 Å². The van der Waals surface area contributed by atoms with Gasteiger partial charge in [-0.3, -0.25) is 4.90 Å². The molecule has 21 heavy (non-hydrogen) atoms. The fourth-order valence-electron chi connectivity index (χ4n) is 2.41. The minimum absolute atomic E-state index is 0. The molecule has 2 unspecified atom stereocenters. The maximum atomic E-state index is 13.7. The molecule has 1 aliphatic heterocycles. The highest BCUT2D eigenvalue weighted by Gasteiger charge is 2.31. The molecule has 7 heteroatoms. The van der Waals surface area contributed by atoms with Crippen molar-refractivity contribution in [2.24, 2.45) is 0 Å². The third-order valence-electron chi connectivity index (χ3n) is 3.64. The van der Waals surface area contributed by atoms with E-state index in [1.807, 2.05) is 18.7 Å². The average molecular weight is 327 g/mol. The molecule has 2 nitrogen and oxygen atoms in total. The number of nitrogens with zero attached hydrogens (tertiary/aromatic N) is 1. The lowest BCUT2D eigenvalue weighted by molar-refractivity contribution is -0.137. The highest BCUT2D eigenvalue weighted by molar-refractivity contribution is 5.85. The summed E-state index contributed by atoms with van der Waals surface area (Å²) in [6.07, 6.45) is -4.44. The number of alkyl halides is 3. The number of hydrogen-bond acceptors (Lipinski definition) is 2. The van der Waals surface area contributed by atoms with Crippen molar-refractivity contribution in [2.45, 2.75) is 38.7 Å². The van der Waals surface area contributed by atoms with E-state index in [1.54, 1.807) is 0 Å². The van der Waals surface area contributed by atoms with E-state index in [0.717, 1.165) is 24.7 Å². The van der Waals surface area contributed by atoms with Crippen LogP contribution in [0.1, 0.15) is 25.0 Å². The molecule has 2 rings (SSSR count). The lowest BCUT2D eigenvalue weighted by atomic mass is 10.1. The Kier molecular flexibility index (Phi) is 6.01. The summed E-state index contributed by atoms with van der Waals surface area (Å²) in [6, 6.07) is 3.01. The molecule has 0 aliphatic carbocycles. The largest absolute Gasteiger partial charge is 0.416 e. The molecule has 1 heterocycles. The third-order valence-corrected chi connectivity index (χ3v) is 3.64. The molecule has 0 bridgehead atoms. The van der Waals surface area contributed by atoms with Crippen LogP contribution in [-0.4, -0.2) is 30.1 Å². The SMILES string of the molecule is CC1CN(Cc2cc(C(F)(F)F)ccc2F)C(C)CN1.Cl. The van der Waals surface area contributed by atoms with E-state index in [4.69, 9.17) is 0 Å². The van der Waals surface area contributed by atoms with E-state index >= 15 is 0 Å². The van der Waals surface area contributed by atoms with Crippen LogP contribution in [0.25, 0.3) is 0 Å². The Morgan fingerprint density at radius 2 is 1.95 bits per heavy atom. The van der Waals surface area contributed by atoms with Crippen molar-refractivity contribution in [2.75, 3.05) is 13.1 Å². The summed E-state index contributed by atoms with van der Waals surface area (Å²) in [5.41, 5.74) is -0.703. The Bertz CT molecular complexity index is 479. The summed E-state index contributed by atoms with van der Waals surface area (Å²) < 4.78 is 51.7. The molecule has 1 aromatic rings. The highest BCUT2D eigenvalue weighted by atomic mass is 35.5. The van der Waals surface area contributed by atoms with Crippen LogP contribution in [0.4, 0.5) is 17.6 Å². The maximum absolute atomic E-state index is 13.7. The molecule has 0 aromatic heterocycles. The Balaban J connectivity index is 0.00000220. The predicted octanol–water partition coefficient (Wildman–Crippen LogP) is 3.45. The Labute approximate surface area is 127 Å². The zero-order chi connectivity index (χ0) is 14.9. The third kappa shape index (κ3) is 4.56. The lowest BCUT2D eigenvalue weighted by Crippen LogP contribution is -2.53. The molecule has 1 saturated heterocycles. The van der Waals surface area contributed by atoms with Crippen LogP contribution >= 0.6 is 12.4 Å². The van der Waals surface area contributed by atoms with Crippen LogP contribution < -0.4 is 5.32 Å². The van der Waals surface area contributed by atoms with Crippen LogP contribution in [0.3, 0.4) is 0 Å². The Hall–Kier alpha value is -0.850. The van der Waals surface area contributed by atoms with Crippen LogP contribution in [0.2, 0.25) is 0 Å². The fourth-order valence-corrected chi connectivity index (χ4v) is 2.41. The van der Waals surface area contributed by atoms with Gasteiger partial charge in [0, 0.05) is 37.3 Å². The second kappa shape index (κ2) is 6.94. The van der Waals surface area contributed by atoms with Crippen molar-refractivity contribution < 1.29 is 17.6 Å². The van der Waals surface area contributed by atoms with Crippen molar-refractivity contribution in [1.82, 2.24) is 10.2 Å². The van der Waals surface area contributed by atoms with Gasteiger partial charge in [0.15, 0.2) is 0 Å². The second-order valence-corrected chi connectivity index (χ2v) is 5.39. The number of benzene rings is 1. The monoisotopic (exact) mass is 326 g/mol. The van der Waals surface area contributed by atoms with Crippen LogP contribution in [0, 0.1) is 5.82 Å². The standard InChI is InChI=1S/C14H18F4N2.ClH/c1-9-7-20(10(2)6-19-9)8-11-5-12(14(16,17)18)3-4-13(11)15;/h3-5,9-10,19H,6-8H2,1-2H3;1H. The van der Waals surface area contributed by atoms with Crippen LogP contribution in [-0.2, 0) is 12.7 Å². The molecule has 120 valence electrons. The number of nitrogens with one attached hydrogen (secondary N) is 1. The van der Waals surface area contributed by atoms with E-state index in [1.165, 1.54) is 0 Å².